The van der Waals surface area contributed by atoms with Gasteiger partial charge in [0, 0.05) is 39.1 Å². The minimum absolute atomic E-state index is 0.138. The summed E-state index contributed by atoms with van der Waals surface area (Å²) in [6.07, 6.45) is 2.73. The first-order chi connectivity index (χ1) is 10.5. The summed E-state index contributed by atoms with van der Waals surface area (Å²) in [4.78, 5) is 16.5. The molecule has 0 aromatic rings. The number of morpholine rings is 1. The van der Waals surface area contributed by atoms with Crippen molar-refractivity contribution in [3.05, 3.63) is 0 Å². The van der Waals surface area contributed by atoms with Crippen LogP contribution in [0.3, 0.4) is 0 Å². The second-order valence-corrected chi connectivity index (χ2v) is 7.40. The number of likely N-dealkylation sites (N-methyl/N-ethyl adjacent to an activating group) is 1. The highest BCUT2D eigenvalue weighted by molar-refractivity contribution is 5.78. The van der Waals surface area contributed by atoms with E-state index in [0.717, 1.165) is 39.1 Å². The van der Waals surface area contributed by atoms with Gasteiger partial charge in [-0.1, -0.05) is 13.8 Å². The molecule has 22 heavy (non-hydrogen) atoms. The third-order valence-electron chi connectivity index (χ3n) is 4.96. The summed E-state index contributed by atoms with van der Waals surface area (Å²) in [5, 5.41) is 10.2. The molecule has 1 aliphatic heterocycles. The van der Waals surface area contributed by atoms with E-state index in [0.29, 0.717) is 24.9 Å². The molecule has 0 aromatic carbocycles. The SMILES string of the molecule is CC1CC(C)CC(C(=O)N(C)CC(O)CN2CCOCC2)C1. The van der Waals surface area contributed by atoms with Crippen LogP contribution in [0.15, 0.2) is 0 Å². The second-order valence-electron chi connectivity index (χ2n) is 7.40. The first kappa shape index (κ1) is 17.7. The fourth-order valence-corrected chi connectivity index (χ4v) is 4.01. The lowest BCUT2D eigenvalue weighted by molar-refractivity contribution is -0.137. The number of aliphatic hydroxyl groups is 1. The Bertz CT molecular complexity index is 348. The second kappa shape index (κ2) is 8.27. The van der Waals surface area contributed by atoms with Gasteiger partial charge in [-0.2, -0.15) is 0 Å². The molecule has 0 spiro atoms. The number of carbonyl (C=O) groups is 1. The van der Waals surface area contributed by atoms with E-state index in [-0.39, 0.29) is 11.8 Å². The van der Waals surface area contributed by atoms with Crippen molar-refractivity contribution in [3.8, 4) is 0 Å². The van der Waals surface area contributed by atoms with Gasteiger partial charge >= 0.3 is 0 Å². The molecule has 5 nitrogen and oxygen atoms in total. The topological polar surface area (TPSA) is 53.0 Å². The third-order valence-corrected chi connectivity index (χ3v) is 4.96. The van der Waals surface area contributed by atoms with Crippen LogP contribution in [-0.4, -0.2) is 73.4 Å². The quantitative estimate of drug-likeness (QED) is 0.829. The van der Waals surface area contributed by atoms with Crippen LogP contribution in [0.5, 0.6) is 0 Å². The molecule has 1 heterocycles. The predicted octanol–water partition coefficient (Wildman–Crippen LogP) is 1.21. The Morgan fingerprint density at radius 2 is 1.82 bits per heavy atom. The highest BCUT2D eigenvalue weighted by Crippen LogP contribution is 2.33. The number of nitrogens with zero attached hydrogens (tertiary/aromatic N) is 2. The number of hydrogen-bond acceptors (Lipinski definition) is 4. The van der Waals surface area contributed by atoms with Gasteiger partial charge in [0.25, 0.3) is 0 Å². The number of carbonyl (C=O) groups excluding carboxylic acids is 1. The van der Waals surface area contributed by atoms with E-state index in [4.69, 9.17) is 4.74 Å². The molecule has 1 aliphatic carbocycles. The van der Waals surface area contributed by atoms with Gasteiger partial charge in [-0.15, -0.1) is 0 Å². The molecule has 1 saturated heterocycles. The van der Waals surface area contributed by atoms with Gasteiger partial charge in [-0.3, -0.25) is 9.69 Å². The van der Waals surface area contributed by atoms with Gasteiger partial charge in [0.2, 0.25) is 5.91 Å². The Balaban J connectivity index is 1.77. The Morgan fingerprint density at radius 1 is 1.23 bits per heavy atom. The van der Waals surface area contributed by atoms with E-state index in [2.05, 4.69) is 18.7 Å². The zero-order valence-corrected chi connectivity index (χ0v) is 14.3. The Hall–Kier alpha value is -0.650. The van der Waals surface area contributed by atoms with Crippen LogP contribution in [-0.2, 0) is 9.53 Å². The molecule has 1 amide bonds. The van der Waals surface area contributed by atoms with Crippen LogP contribution in [0, 0.1) is 17.8 Å². The lowest BCUT2D eigenvalue weighted by Crippen LogP contribution is -2.46. The van der Waals surface area contributed by atoms with Crippen LogP contribution in [0.1, 0.15) is 33.1 Å². The molecule has 2 fully saturated rings. The van der Waals surface area contributed by atoms with Crippen molar-refractivity contribution in [2.24, 2.45) is 17.8 Å². The van der Waals surface area contributed by atoms with Crippen molar-refractivity contribution in [2.45, 2.75) is 39.2 Å². The van der Waals surface area contributed by atoms with Gasteiger partial charge in [0.15, 0.2) is 0 Å². The fourth-order valence-electron chi connectivity index (χ4n) is 4.01. The molecule has 2 aliphatic rings. The van der Waals surface area contributed by atoms with Gasteiger partial charge in [0.1, 0.15) is 0 Å². The fraction of sp³-hybridized carbons (Fsp3) is 0.941. The molecule has 0 radical (unpaired) electrons. The summed E-state index contributed by atoms with van der Waals surface area (Å²) in [5.41, 5.74) is 0. The molecule has 1 saturated carbocycles. The average molecular weight is 312 g/mol. The van der Waals surface area contributed by atoms with Gasteiger partial charge in [0.05, 0.1) is 19.3 Å². The number of rotatable bonds is 5. The highest BCUT2D eigenvalue weighted by Gasteiger charge is 2.31. The highest BCUT2D eigenvalue weighted by atomic mass is 16.5. The molecule has 1 N–H and O–H groups in total. The minimum Gasteiger partial charge on any atom is -0.390 e. The number of β-amino-alcohol motifs (C(OH)–C–C–N with tert-alkyl or cyclic N) is 1. The smallest absolute Gasteiger partial charge is 0.225 e. The Labute approximate surface area is 134 Å². The number of ether oxygens (including phenoxy) is 1. The molecule has 3 unspecified atom stereocenters. The van der Waals surface area contributed by atoms with E-state index in [9.17, 15) is 9.90 Å². The summed E-state index contributed by atoms with van der Waals surface area (Å²) >= 11 is 0. The lowest BCUT2D eigenvalue weighted by Gasteiger charge is -2.34. The van der Waals surface area contributed by atoms with E-state index in [1.54, 1.807) is 4.90 Å². The van der Waals surface area contributed by atoms with Crippen molar-refractivity contribution in [1.82, 2.24) is 9.80 Å². The summed E-state index contributed by atoms with van der Waals surface area (Å²) in [6, 6.07) is 0. The maximum Gasteiger partial charge on any atom is 0.225 e. The van der Waals surface area contributed by atoms with Crippen LogP contribution < -0.4 is 0 Å². The monoisotopic (exact) mass is 312 g/mol. The van der Waals surface area contributed by atoms with E-state index in [1.165, 1.54) is 6.42 Å². The van der Waals surface area contributed by atoms with E-state index >= 15 is 0 Å². The van der Waals surface area contributed by atoms with Crippen LogP contribution in [0.4, 0.5) is 0 Å². The molecule has 2 rings (SSSR count). The maximum atomic E-state index is 12.6. The average Bonchev–Trinajstić information content (AvgIpc) is 2.46. The van der Waals surface area contributed by atoms with Crippen molar-refractivity contribution in [2.75, 3.05) is 46.4 Å². The van der Waals surface area contributed by atoms with Crippen molar-refractivity contribution in [3.63, 3.8) is 0 Å². The normalized spacial score (nSPS) is 31.7. The number of aliphatic hydroxyl groups excluding tert-OH is 1. The lowest BCUT2D eigenvalue weighted by atomic mass is 9.76. The maximum absolute atomic E-state index is 12.6. The van der Waals surface area contributed by atoms with Crippen molar-refractivity contribution in [1.29, 1.82) is 0 Å². The van der Waals surface area contributed by atoms with Crippen LogP contribution >= 0.6 is 0 Å². The van der Waals surface area contributed by atoms with Gasteiger partial charge < -0.3 is 14.7 Å². The molecular formula is C17H32N2O3. The first-order valence-electron chi connectivity index (χ1n) is 8.68. The summed E-state index contributed by atoms with van der Waals surface area (Å²) < 4.78 is 5.31. The molecule has 3 atom stereocenters. The molecular weight excluding hydrogens is 280 g/mol. The first-order valence-corrected chi connectivity index (χ1v) is 8.68. The summed E-state index contributed by atoms with van der Waals surface area (Å²) in [5.74, 6) is 1.60. The standard InChI is InChI=1S/C17H32N2O3/c1-13-8-14(2)10-15(9-13)17(21)18(3)11-16(20)12-19-4-6-22-7-5-19/h13-16,20H,4-12H2,1-3H3. The largest absolute Gasteiger partial charge is 0.390 e. The number of hydrogen-bond donors (Lipinski definition) is 1. The predicted molar refractivity (Wildman–Crippen MR) is 86.6 cm³/mol. The van der Waals surface area contributed by atoms with E-state index in [1.807, 2.05) is 7.05 Å². The zero-order valence-electron chi connectivity index (χ0n) is 14.3. The van der Waals surface area contributed by atoms with Gasteiger partial charge in [-0.05, 0) is 31.1 Å². The van der Waals surface area contributed by atoms with Crippen molar-refractivity contribution < 1.29 is 14.6 Å². The van der Waals surface area contributed by atoms with Crippen LogP contribution in [0.25, 0.3) is 0 Å². The minimum atomic E-state index is -0.481. The summed E-state index contributed by atoms with van der Waals surface area (Å²) in [6.45, 7) is 8.73. The third kappa shape index (κ3) is 5.21. The van der Waals surface area contributed by atoms with Gasteiger partial charge in [-0.25, -0.2) is 0 Å². The Kier molecular flexibility index (Phi) is 6.66. The molecule has 0 bridgehead atoms. The number of amides is 1. The Morgan fingerprint density at radius 3 is 2.41 bits per heavy atom. The molecule has 128 valence electrons. The summed E-state index contributed by atoms with van der Waals surface area (Å²) in [7, 11) is 1.83. The zero-order chi connectivity index (χ0) is 16.1. The van der Waals surface area contributed by atoms with Crippen LogP contribution in [0.2, 0.25) is 0 Å². The molecule has 0 aromatic heterocycles. The van der Waals surface area contributed by atoms with E-state index < -0.39 is 6.10 Å². The molecule has 5 heteroatoms. The van der Waals surface area contributed by atoms with Crippen molar-refractivity contribution >= 4 is 5.91 Å².